The summed E-state index contributed by atoms with van der Waals surface area (Å²) in [6, 6.07) is 7.16. The maximum absolute atomic E-state index is 11.2. The molecule has 1 aliphatic carbocycles. The maximum Gasteiger partial charge on any atom is 0.294 e. The van der Waals surface area contributed by atoms with Crippen molar-refractivity contribution in [3.05, 3.63) is 50.3 Å². The minimum atomic E-state index is -0.366. The Kier molecular flexibility index (Phi) is 4.91. The Morgan fingerprint density at radius 3 is 2.61 bits per heavy atom. The highest BCUT2D eigenvalue weighted by Crippen LogP contribution is 2.29. The van der Waals surface area contributed by atoms with Gasteiger partial charge in [-0.2, -0.15) is 0 Å². The highest BCUT2D eigenvalue weighted by molar-refractivity contribution is 7.07. The fraction of sp³-hybridized carbons (Fsp3) is 0.471. The van der Waals surface area contributed by atoms with Crippen LogP contribution in [0.15, 0.2) is 34.6 Å². The molecule has 6 heteroatoms. The van der Waals surface area contributed by atoms with E-state index >= 15 is 0 Å². The molecule has 1 aromatic heterocycles. The first-order valence-electron chi connectivity index (χ1n) is 8.11. The first-order chi connectivity index (χ1) is 11.2. The molecule has 0 N–H and O–H groups in total. The van der Waals surface area contributed by atoms with E-state index in [9.17, 15) is 10.1 Å². The number of nitro groups is 1. The van der Waals surface area contributed by atoms with Gasteiger partial charge in [0.2, 0.25) is 0 Å². The Bertz CT molecular complexity index is 755. The zero-order valence-corrected chi connectivity index (χ0v) is 14.1. The van der Waals surface area contributed by atoms with Crippen molar-refractivity contribution in [2.24, 2.45) is 4.99 Å². The molecular formula is C17H21N3O2S. The number of nitrogens with zero attached hydrogens (tertiary/aromatic N) is 3. The molecule has 0 radical (unpaired) electrons. The molecule has 0 bridgehead atoms. The van der Waals surface area contributed by atoms with Gasteiger partial charge in [-0.3, -0.25) is 10.1 Å². The first-order valence-corrected chi connectivity index (χ1v) is 8.99. The van der Waals surface area contributed by atoms with Crippen molar-refractivity contribution in [2.75, 3.05) is 0 Å². The lowest BCUT2D eigenvalue weighted by molar-refractivity contribution is -0.384. The molecule has 0 atom stereocenters. The summed E-state index contributed by atoms with van der Waals surface area (Å²) in [5.74, 6) is 0. The van der Waals surface area contributed by atoms with Gasteiger partial charge >= 0.3 is 0 Å². The second-order valence-corrected chi connectivity index (χ2v) is 6.87. The number of benzene rings is 1. The Morgan fingerprint density at radius 2 is 1.91 bits per heavy atom. The summed E-state index contributed by atoms with van der Waals surface area (Å²) in [5.41, 5.74) is 1.69. The van der Waals surface area contributed by atoms with Gasteiger partial charge in [-0.15, -0.1) is 11.3 Å². The van der Waals surface area contributed by atoms with Gasteiger partial charge in [-0.1, -0.05) is 37.8 Å². The van der Waals surface area contributed by atoms with Crippen LogP contribution in [0.2, 0.25) is 0 Å². The molecule has 2 aromatic rings. The number of para-hydroxylation sites is 2. The van der Waals surface area contributed by atoms with Gasteiger partial charge in [0.25, 0.3) is 5.69 Å². The lowest BCUT2D eigenvalue weighted by Crippen LogP contribution is -2.21. The molecule has 1 saturated carbocycles. The number of hydrogen-bond donors (Lipinski definition) is 0. The predicted octanol–water partition coefficient (Wildman–Crippen LogP) is 4.89. The topological polar surface area (TPSA) is 60.4 Å². The Hall–Kier alpha value is -1.95. The SMILES string of the molecule is Cc1csc(=Nc2ccccc2[N+](=O)[O-])n1C1CCCCCC1. The smallest absolute Gasteiger partial charge is 0.294 e. The molecule has 1 aliphatic rings. The van der Waals surface area contributed by atoms with Crippen molar-refractivity contribution < 1.29 is 4.92 Å². The number of hydrogen-bond acceptors (Lipinski definition) is 4. The molecule has 1 aromatic carbocycles. The van der Waals surface area contributed by atoms with Gasteiger partial charge in [0.15, 0.2) is 4.80 Å². The third-order valence-electron chi connectivity index (χ3n) is 4.41. The Morgan fingerprint density at radius 1 is 1.22 bits per heavy atom. The number of rotatable bonds is 3. The lowest BCUT2D eigenvalue weighted by atomic mass is 10.1. The van der Waals surface area contributed by atoms with Crippen molar-refractivity contribution in [2.45, 2.75) is 51.5 Å². The minimum Gasteiger partial charge on any atom is -0.318 e. The lowest BCUT2D eigenvalue weighted by Gasteiger charge is -2.18. The quantitative estimate of drug-likeness (QED) is 0.456. The zero-order valence-electron chi connectivity index (χ0n) is 13.3. The third-order valence-corrected chi connectivity index (χ3v) is 5.36. The van der Waals surface area contributed by atoms with Gasteiger partial charge in [-0.25, -0.2) is 4.99 Å². The standard InChI is InChI=1S/C17H21N3O2S/c1-13-12-23-17(19(13)14-8-4-2-3-5-9-14)18-15-10-6-7-11-16(15)20(21)22/h6-7,10-12,14H,2-5,8-9H2,1H3. The number of nitro benzene ring substituents is 1. The normalized spacial score (nSPS) is 17.2. The fourth-order valence-corrected chi connectivity index (χ4v) is 4.21. The summed E-state index contributed by atoms with van der Waals surface area (Å²) in [5, 5.41) is 13.3. The highest BCUT2D eigenvalue weighted by atomic mass is 32.1. The summed E-state index contributed by atoms with van der Waals surface area (Å²) in [4.78, 5) is 16.3. The van der Waals surface area contributed by atoms with E-state index in [-0.39, 0.29) is 10.6 Å². The van der Waals surface area contributed by atoms with Gasteiger partial charge < -0.3 is 4.57 Å². The van der Waals surface area contributed by atoms with Crippen molar-refractivity contribution in [3.8, 4) is 0 Å². The number of thiazole rings is 1. The third kappa shape index (κ3) is 3.52. The van der Waals surface area contributed by atoms with E-state index in [0.29, 0.717) is 11.7 Å². The van der Waals surface area contributed by atoms with E-state index in [4.69, 9.17) is 0 Å². The van der Waals surface area contributed by atoms with E-state index in [1.165, 1.54) is 50.3 Å². The largest absolute Gasteiger partial charge is 0.318 e. The fourth-order valence-electron chi connectivity index (χ4n) is 3.26. The summed E-state index contributed by atoms with van der Waals surface area (Å²) >= 11 is 1.57. The van der Waals surface area contributed by atoms with Crippen LogP contribution < -0.4 is 4.80 Å². The van der Waals surface area contributed by atoms with E-state index < -0.39 is 0 Å². The van der Waals surface area contributed by atoms with E-state index in [0.717, 1.165) is 4.80 Å². The minimum absolute atomic E-state index is 0.0611. The monoisotopic (exact) mass is 331 g/mol. The molecule has 1 heterocycles. The summed E-state index contributed by atoms with van der Waals surface area (Å²) in [6.07, 6.45) is 7.44. The molecule has 0 unspecified atom stereocenters. The molecule has 0 amide bonds. The molecule has 122 valence electrons. The van der Waals surface area contributed by atoms with Gasteiger partial charge in [0.05, 0.1) is 4.92 Å². The maximum atomic E-state index is 11.2. The van der Waals surface area contributed by atoms with Crippen LogP contribution >= 0.6 is 11.3 Å². The van der Waals surface area contributed by atoms with Gasteiger partial charge in [0, 0.05) is 23.2 Å². The van der Waals surface area contributed by atoms with Crippen LogP contribution in [0.1, 0.15) is 50.3 Å². The number of aryl methyl sites for hydroxylation is 1. The van der Waals surface area contributed by atoms with Crippen molar-refractivity contribution in [1.82, 2.24) is 4.57 Å². The second kappa shape index (κ2) is 7.08. The van der Waals surface area contributed by atoms with Crippen LogP contribution in [0.25, 0.3) is 0 Å². The number of aromatic nitrogens is 1. The molecular weight excluding hydrogens is 310 g/mol. The van der Waals surface area contributed by atoms with Gasteiger partial charge in [-0.05, 0) is 25.8 Å². The average Bonchev–Trinajstić information content (AvgIpc) is 2.76. The van der Waals surface area contributed by atoms with E-state index in [1.807, 2.05) is 0 Å². The van der Waals surface area contributed by atoms with Crippen LogP contribution in [0.5, 0.6) is 0 Å². The summed E-state index contributed by atoms with van der Waals surface area (Å²) in [7, 11) is 0. The second-order valence-electron chi connectivity index (χ2n) is 6.03. The van der Waals surface area contributed by atoms with Crippen LogP contribution in [-0.4, -0.2) is 9.49 Å². The Balaban J connectivity index is 2.06. The molecule has 3 rings (SSSR count). The molecule has 23 heavy (non-hydrogen) atoms. The van der Waals surface area contributed by atoms with Crippen LogP contribution in [0, 0.1) is 17.0 Å². The molecule has 1 fully saturated rings. The van der Waals surface area contributed by atoms with Crippen LogP contribution in [0.4, 0.5) is 11.4 Å². The molecule has 0 aliphatic heterocycles. The molecule has 0 spiro atoms. The summed E-state index contributed by atoms with van der Waals surface area (Å²) < 4.78 is 2.28. The highest BCUT2D eigenvalue weighted by Gasteiger charge is 2.18. The van der Waals surface area contributed by atoms with Crippen LogP contribution in [0.3, 0.4) is 0 Å². The molecule has 0 saturated heterocycles. The molecule has 5 nitrogen and oxygen atoms in total. The van der Waals surface area contributed by atoms with Crippen molar-refractivity contribution in [3.63, 3.8) is 0 Å². The average molecular weight is 331 g/mol. The van der Waals surface area contributed by atoms with Crippen molar-refractivity contribution in [1.29, 1.82) is 0 Å². The van der Waals surface area contributed by atoms with Gasteiger partial charge in [0.1, 0.15) is 5.69 Å². The summed E-state index contributed by atoms with van der Waals surface area (Å²) in [6.45, 7) is 2.10. The van der Waals surface area contributed by atoms with Crippen molar-refractivity contribution >= 4 is 22.7 Å². The predicted molar refractivity (Wildman–Crippen MR) is 92.1 cm³/mol. The van der Waals surface area contributed by atoms with E-state index in [2.05, 4.69) is 21.9 Å². The zero-order chi connectivity index (χ0) is 16.2. The van der Waals surface area contributed by atoms with Crippen LogP contribution in [-0.2, 0) is 0 Å². The van der Waals surface area contributed by atoms with E-state index in [1.54, 1.807) is 29.5 Å². The first kappa shape index (κ1) is 15.9. The Labute approximate surface area is 139 Å².